The molecule has 1 heterocycles. The van der Waals surface area contributed by atoms with Gasteiger partial charge in [-0.15, -0.1) is 0 Å². The van der Waals surface area contributed by atoms with Crippen molar-refractivity contribution in [3.63, 3.8) is 0 Å². The van der Waals surface area contributed by atoms with E-state index in [1.54, 1.807) is 0 Å². The molecule has 5 nitrogen and oxygen atoms in total. The highest BCUT2D eigenvalue weighted by atomic mass is 16.3. The Morgan fingerprint density at radius 3 is 2.45 bits per heavy atom. The lowest BCUT2D eigenvalue weighted by Crippen LogP contribution is -2.44. The van der Waals surface area contributed by atoms with Gasteiger partial charge in [0.15, 0.2) is 0 Å². The third kappa shape index (κ3) is 5.09. The van der Waals surface area contributed by atoms with Crippen LogP contribution in [0.25, 0.3) is 0 Å². The second-order valence-electron chi connectivity index (χ2n) is 6.16. The molecule has 1 aromatic carbocycles. The van der Waals surface area contributed by atoms with Crippen LogP contribution in [0.2, 0.25) is 0 Å². The average molecular weight is 306 g/mol. The third-order valence-corrected chi connectivity index (χ3v) is 4.45. The first-order valence-electron chi connectivity index (χ1n) is 7.98. The van der Waals surface area contributed by atoms with Crippen LogP contribution in [0.4, 0.5) is 0 Å². The van der Waals surface area contributed by atoms with E-state index in [1.807, 2.05) is 18.2 Å². The molecule has 1 aliphatic rings. The minimum atomic E-state index is -1.04. The van der Waals surface area contributed by atoms with E-state index in [4.69, 9.17) is 5.73 Å². The van der Waals surface area contributed by atoms with Gasteiger partial charge in [-0.3, -0.25) is 4.79 Å². The number of carbonyl (C=O) groups excluding carboxylic acids is 1. The van der Waals surface area contributed by atoms with E-state index in [0.717, 1.165) is 38.8 Å². The van der Waals surface area contributed by atoms with Gasteiger partial charge in [0.2, 0.25) is 5.91 Å². The number of amides is 1. The smallest absolute Gasteiger partial charge is 0.246 e. The quantitative estimate of drug-likeness (QED) is 0.686. The van der Waals surface area contributed by atoms with E-state index in [-0.39, 0.29) is 12.0 Å². The van der Waals surface area contributed by atoms with Gasteiger partial charge in [0, 0.05) is 6.54 Å². The van der Waals surface area contributed by atoms with Crippen LogP contribution >= 0.6 is 0 Å². The van der Waals surface area contributed by atoms with Gasteiger partial charge in [0.1, 0.15) is 6.10 Å². The van der Waals surface area contributed by atoms with Crippen LogP contribution in [0, 0.1) is 5.92 Å². The van der Waals surface area contributed by atoms with Crippen LogP contribution in [0.3, 0.4) is 0 Å². The molecule has 0 aromatic heterocycles. The first kappa shape index (κ1) is 16.9. The predicted octanol–water partition coefficient (Wildman–Crippen LogP) is 0.538. The Kier molecular flexibility index (Phi) is 6.36. The average Bonchev–Trinajstić information content (AvgIpc) is 2.54. The molecule has 0 saturated carbocycles. The largest absolute Gasteiger partial charge is 0.392 e. The van der Waals surface area contributed by atoms with Gasteiger partial charge in [-0.1, -0.05) is 30.3 Å². The van der Waals surface area contributed by atoms with Crippen LogP contribution in [-0.4, -0.2) is 52.9 Å². The van der Waals surface area contributed by atoms with Crippen molar-refractivity contribution >= 4 is 5.91 Å². The van der Waals surface area contributed by atoms with Crippen molar-refractivity contribution in [2.75, 3.05) is 19.6 Å². The van der Waals surface area contributed by atoms with Gasteiger partial charge >= 0.3 is 0 Å². The molecule has 1 aromatic rings. The summed E-state index contributed by atoms with van der Waals surface area (Å²) in [6, 6.07) is 10.2. The highest BCUT2D eigenvalue weighted by Crippen LogP contribution is 2.21. The molecule has 0 bridgehead atoms. The van der Waals surface area contributed by atoms with Crippen LogP contribution in [0.15, 0.2) is 30.3 Å². The molecule has 2 atom stereocenters. The number of nitrogens with two attached hydrogens (primary N) is 1. The normalized spacial score (nSPS) is 19.7. The Morgan fingerprint density at radius 1 is 1.23 bits per heavy atom. The molecule has 2 rings (SSSR count). The van der Waals surface area contributed by atoms with Crippen LogP contribution in [0.1, 0.15) is 24.8 Å². The van der Waals surface area contributed by atoms with Crippen LogP contribution in [0.5, 0.6) is 0 Å². The standard InChI is InChI=1S/C17H26N2O3/c18-17(22)16(21)14-8-10-19(11-9-14)12-15(20)7-6-13-4-2-1-3-5-13/h1-5,14-16,20-21H,6-12H2,(H2,18,22). The Hall–Kier alpha value is -1.43. The fourth-order valence-electron chi connectivity index (χ4n) is 3.05. The number of primary amides is 1. The number of aryl methyl sites for hydroxylation is 1. The van der Waals surface area contributed by atoms with E-state index in [1.165, 1.54) is 5.56 Å². The van der Waals surface area contributed by atoms with Crippen LogP contribution < -0.4 is 5.73 Å². The Morgan fingerprint density at radius 2 is 1.86 bits per heavy atom. The number of hydrogen-bond acceptors (Lipinski definition) is 4. The van der Waals surface area contributed by atoms with Crippen molar-refractivity contribution in [3.05, 3.63) is 35.9 Å². The zero-order valence-electron chi connectivity index (χ0n) is 12.9. The number of benzene rings is 1. The van der Waals surface area contributed by atoms with Crippen molar-refractivity contribution < 1.29 is 15.0 Å². The fraction of sp³-hybridized carbons (Fsp3) is 0.588. The number of aliphatic hydroxyl groups is 2. The number of aliphatic hydroxyl groups excluding tert-OH is 2. The summed E-state index contributed by atoms with van der Waals surface area (Å²) in [6.07, 6.45) is 1.72. The lowest BCUT2D eigenvalue weighted by Gasteiger charge is -2.34. The lowest BCUT2D eigenvalue weighted by molar-refractivity contribution is -0.129. The van der Waals surface area contributed by atoms with E-state index in [2.05, 4.69) is 17.0 Å². The topological polar surface area (TPSA) is 86.8 Å². The minimum absolute atomic E-state index is 0.0461. The maximum Gasteiger partial charge on any atom is 0.246 e. The van der Waals surface area contributed by atoms with Gasteiger partial charge in [-0.2, -0.15) is 0 Å². The van der Waals surface area contributed by atoms with E-state index in [0.29, 0.717) is 6.54 Å². The van der Waals surface area contributed by atoms with Gasteiger partial charge < -0.3 is 20.8 Å². The molecule has 0 aliphatic carbocycles. The van der Waals surface area contributed by atoms with Gasteiger partial charge in [0.05, 0.1) is 6.10 Å². The highest BCUT2D eigenvalue weighted by Gasteiger charge is 2.28. The number of likely N-dealkylation sites (tertiary alicyclic amines) is 1. The Bertz CT molecular complexity index is 458. The van der Waals surface area contributed by atoms with Crippen molar-refractivity contribution in [1.29, 1.82) is 0 Å². The van der Waals surface area contributed by atoms with Crippen molar-refractivity contribution in [2.24, 2.45) is 11.7 Å². The van der Waals surface area contributed by atoms with Gasteiger partial charge in [0.25, 0.3) is 0 Å². The molecule has 122 valence electrons. The first-order valence-corrected chi connectivity index (χ1v) is 7.98. The molecule has 0 spiro atoms. The summed E-state index contributed by atoms with van der Waals surface area (Å²) < 4.78 is 0. The number of hydrogen-bond donors (Lipinski definition) is 3. The molecule has 5 heteroatoms. The minimum Gasteiger partial charge on any atom is -0.392 e. The predicted molar refractivity (Wildman–Crippen MR) is 85.1 cm³/mol. The van der Waals surface area contributed by atoms with Crippen molar-refractivity contribution in [3.8, 4) is 0 Å². The summed E-state index contributed by atoms with van der Waals surface area (Å²) >= 11 is 0. The number of carbonyl (C=O) groups is 1. The Labute approximate surface area is 131 Å². The zero-order valence-corrected chi connectivity index (χ0v) is 12.9. The maximum absolute atomic E-state index is 11.0. The molecule has 1 aliphatic heterocycles. The molecule has 4 N–H and O–H groups in total. The van der Waals surface area contributed by atoms with Crippen LogP contribution in [-0.2, 0) is 11.2 Å². The number of nitrogens with zero attached hydrogens (tertiary/aromatic N) is 1. The van der Waals surface area contributed by atoms with Gasteiger partial charge in [-0.05, 0) is 50.3 Å². The number of piperidine rings is 1. The zero-order chi connectivity index (χ0) is 15.9. The highest BCUT2D eigenvalue weighted by molar-refractivity contribution is 5.78. The second-order valence-corrected chi connectivity index (χ2v) is 6.16. The molecular formula is C17H26N2O3. The maximum atomic E-state index is 11.0. The molecule has 2 unspecified atom stereocenters. The Balaban J connectivity index is 1.68. The van der Waals surface area contributed by atoms with Gasteiger partial charge in [-0.25, -0.2) is 0 Å². The summed E-state index contributed by atoms with van der Waals surface area (Å²) in [6.45, 7) is 2.22. The molecule has 0 radical (unpaired) electrons. The molecule has 1 saturated heterocycles. The van der Waals surface area contributed by atoms with Crippen molar-refractivity contribution in [1.82, 2.24) is 4.90 Å². The summed E-state index contributed by atoms with van der Waals surface area (Å²) in [4.78, 5) is 13.2. The monoisotopic (exact) mass is 306 g/mol. The summed E-state index contributed by atoms with van der Waals surface area (Å²) in [5.74, 6) is -0.684. The lowest BCUT2D eigenvalue weighted by atomic mass is 9.90. The summed E-state index contributed by atoms with van der Waals surface area (Å²) in [5, 5.41) is 19.8. The SMILES string of the molecule is NC(=O)C(O)C1CCN(CC(O)CCc2ccccc2)CC1. The second kappa shape index (κ2) is 8.27. The molecule has 22 heavy (non-hydrogen) atoms. The molecular weight excluding hydrogens is 280 g/mol. The summed E-state index contributed by atoms with van der Waals surface area (Å²) in [7, 11) is 0. The fourth-order valence-corrected chi connectivity index (χ4v) is 3.05. The first-order chi connectivity index (χ1) is 10.6. The van der Waals surface area contributed by atoms with E-state index >= 15 is 0 Å². The third-order valence-electron chi connectivity index (χ3n) is 4.45. The van der Waals surface area contributed by atoms with E-state index in [9.17, 15) is 15.0 Å². The van der Waals surface area contributed by atoms with E-state index < -0.39 is 12.0 Å². The molecule has 1 amide bonds. The number of rotatable bonds is 7. The summed E-state index contributed by atoms with van der Waals surface area (Å²) in [5.41, 5.74) is 6.38. The number of β-amino-alcohol motifs (C(OH)–C–C–N with tert-alkyl or cyclic N) is 1. The van der Waals surface area contributed by atoms with Crippen molar-refractivity contribution in [2.45, 2.75) is 37.9 Å². The molecule has 1 fully saturated rings.